The lowest BCUT2D eigenvalue weighted by molar-refractivity contribution is 0.0951. The van der Waals surface area contributed by atoms with Crippen LogP contribution < -0.4 is 5.32 Å². The summed E-state index contributed by atoms with van der Waals surface area (Å²) >= 11 is 0. The van der Waals surface area contributed by atoms with Crippen LogP contribution in [0, 0.1) is 5.82 Å². The summed E-state index contributed by atoms with van der Waals surface area (Å²) in [5, 5.41) is 10.8. The van der Waals surface area contributed by atoms with Gasteiger partial charge in [0.05, 0.1) is 5.69 Å². The molecule has 0 atom stereocenters. The van der Waals surface area contributed by atoms with Gasteiger partial charge in [0.25, 0.3) is 5.91 Å². The van der Waals surface area contributed by atoms with Crippen LogP contribution >= 0.6 is 0 Å². The molecule has 1 amide bonds. The molecule has 0 saturated heterocycles. The van der Waals surface area contributed by atoms with E-state index in [1.165, 1.54) is 12.1 Å². The molecular weight excluding hydrogens is 319 g/mol. The van der Waals surface area contributed by atoms with Crippen LogP contribution in [0.3, 0.4) is 0 Å². The molecular formula is C19H15FN4O. The topological polar surface area (TPSA) is 73.6 Å². The summed E-state index contributed by atoms with van der Waals surface area (Å²) in [4.78, 5) is 15.6. The Bertz CT molecular complexity index is 1020. The number of fused-ring (bicyclic) bond motifs is 1. The van der Waals surface area contributed by atoms with Gasteiger partial charge >= 0.3 is 0 Å². The molecule has 4 rings (SSSR count). The number of amides is 1. The highest BCUT2D eigenvalue weighted by Gasteiger charge is 2.09. The maximum Gasteiger partial charge on any atom is 0.251 e. The van der Waals surface area contributed by atoms with Gasteiger partial charge in [0.15, 0.2) is 0 Å². The average Bonchev–Trinajstić information content (AvgIpc) is 3.29. The third kappa shape index (κ3) is 3.14. The Balaban J connectivity index is 1.52. The molecule has 2 heterocycles. The molecule has 0 aliphatic rings. The van der Waals surface area contributed by atoms with Crippen molar-refractivity contribution >= 4 is 16.8 Å². The summed E-state index contributed by atoms with van der Waals surface area (Å²) in [5.41, 5.74) is 3.98. The first kappa shape index (κ1) is 15.1. The smallest absolute Gasteiger partial charge is 0.251 e. The molecule has 0 aliphatic heterocycles. The fraction of sp³-hybridized carbons (Fsp3) is 0.0526. The predicted molar refractivity (Wildman–Crippen MR) is 93.5 cm³/mol. The zero-order valence-electron chi connectivity index (χ0n) is 13.2. The molecule has 0 bridgehead atoms. The lowest BCUT2D eigenvalue weighted by Crippen LogP contribution is -2.22. The molecule has 3 N–H and O–H groups in total. The van der Waals surface area contributed by atoms with Gasteiger partial charge in [-0.25, -0.2) is 4.39 Å². The Hall–Kier alpha value is -3.41. The maximum atomic E-state index is 12.9. The molecule has 0 fully saturated rings. The molecule has 0 radical (unpaired) electrons. The molecule has 4 aromatic rings. The largest absolute Gasteiger partial charge is 0.353 e. The van der Waals surface area contributed by atoms with E-state index in [1.54, 1.807) is 24.4 Å². The van der Waals surface area contributed by atoms with Crippen molar-refractivity contribution in [3.05, 3.63) is 77.7 Å². The number of hydrogen-bond donors (Lipinski definition) is 3. The Morgan fingerprint density at radius 2 is 1.92 bits per heavy atom. The summed E-state index contributed by atoms with van der Waals surface area (Å²) in [5.74, 6) is -0.470. The molecule has 0 spiro atoms. The highest BCUT2D eigenvalue weighted by molar-refractivity contribution is 5.98. The molecule has 0 unspecified atom stereocenters. The Kier molecular flexibility index (Phi) is 3.78. The first-order valence-corrected chi connectivity index (χ1v) is 7.84. The molecule has 2 aromatic heterocycles. The van der Waals surface area contributed by atoms with Crippen LogP contribution in [0.5, 0.6) is 0 Å². The van der Waals surface area contributed by atoms with Gasteiger partial charge < -0.3 is 10.3 Å². The van der Waals surface area contributed by atoms with E-state index in [9.17, 15) is 9.18 Å². The van der Waals surface area contributed by atoms with Crippen molar-refractivity contribution in [2.45, 2.75) is 6.54 Å². The van der Waals surface area contributed by atoms with Crippen LogP contribution in [0.4, 0.5) is 4.39 Å². The van der Waals surface area contributed by atoms with Gasteiger partial charge in [-0.15, -0.1) is 0 Å². The molecule has 124 valence electrons. The SMILES string of the molecule is O=C(NCc1ccc(F)cc1)c1ccc2cc(-c3cc[nH]n3)[nH]c2c1. The maximum absolute atomic E-state index is 12.9. The van der Waals surface area contributed by atoms with Crippen LogP contribution in [0.25, 0.3) is 22.3 Å². The average molecular weight is 334 g/mol. The van der Waals surface area contributed by atoms with E-state index in [0.29, 0.717) is 12.1 Å². The van der Waals surface area contributed by atoms with Crippen LogP contribution in [0.2, 0.25) is 0 Å². The number of H-pyrrole nitrogens is 2. The Morgan fingerprint density at radius 3 is 2.68 bits per heavy atom. The molecule has 25 heavy (non-hydrogen) atoms. The van der Waals surface area contributed by atoms with E-state index in [1.807, 2.05) is 24.3 Å². The van der Waals surface area contributed by atoms with Gasteiger partial charge in [0, 0.05) is 29.2 Å². The third-order valence-electron chi connectivity index (χ3n) is 4.03. The summed E-state index contributed by atoms with van der Waals surface area (Å²) in [6.45, 7) is 0.348. The highest BCUT2D eigenvalue weighted by atomic mass is 19.1. The number of halogens is 1. The van der Waals surface area contributed by atoms with E-state index >= 15 is 0 Å². The third-order valence-corrected chi connectivity index (χ3v) is 4.03. The minimum atomic E-state index is -0.292. The predicted octanol–water partition coefficient (Wildman–Crippen LogP) is 3.63. The van der Waals surface area contributed by atoms with Crippen molar-refractivity contribution in [2.24, 2.45) is 0 Å². The van der Waals surface area contributed by atoms with Crippen molar-refractivity contribution in [3.63, 3.8) is 0 Å². The summed E-state index contributed by atoms with van der Waals surface area (Å²) < 4.78 is 12.9. The molecule has 6 heteroatoms. The number of rotatable bonds is 4. The van der Waals surface area contributed by atoms with Crippen LogP contribution in [0.15, 0.2) is 60.8 Å². The first-order valence-electron chi connectivity index (χ1n) is 7.84. The zero-order chi connectivity index (χ0) is 17.2. The van der Waals surface area contributed by atoms with Gasteiger partial charge in [-0.1, -0.05) is 18.2 Å². The first-order chi connectivity index (χ1) is 12.2. The van der Waals surface area contributed by atoms with Crippen molar-refractivity contribution in [1.29, 1.82) is 0 Å². The van der Waals surface area contributed by atoms with E-state index in [4.69, 9.17) is 0 Å². The number of aromatic amines is 2. The molecule has 5 nitrogen and oxygen atoms in total. The Labute approximate surface area is 142 Å². The fourth-order valence-corrected chi connectivity index (χ4v) is 2.70. The quantitative estimate of drug-likeness (QED) is 0.533. The number of aromatic nitrogens is 3. The fourth-order valence-electron chi connectivity index (χ4n) is 2.70. The van der Waals surface area contributed by atoms with Crippen molar-refractivity contribution in [1.82, 2.24) is 20.5 Å². The lowest BCUT2D eigenvalue weighted by atomic mass is 10.1. The van der Waals surface area contributed by atoms with Gasteiger partial charge in [-0.3, -0.25) is 9.89 Å². The van der Waals surface area contributed by atoms with Crippen LogP contribution in [-0.4, -0.2) is 21.1 Å². The normalized spacial score (nSPS) is 10.9. The second-order valence-corrected chi connectivity index (χ2v) is 5.75. The van der Waals surface area contributed by atoms with Crippen LogP contribution in [-0.2, 0) is 6.54 Å². The molecule has 2 aromatic carbocycles. The number of benzene rings is 2. The number of nitrogens with one attached hydrogen (secondary N) is 3. The Morgan fingerprint density at radius 1 is 1.08 bits per heavy atom. The van der Waals surface area contributed by atoms with Crippen molar-refractivity contribution in [3.8, 4) is 11.4 Å². The lowest BCUT2D eigenvalue weighted by Gasteiger charge is -2.05. The zero-order valence-corrected chi connectivity index (χ0v) is 13.2. The van der Waals surface area contributed by atoms with Gasteiger partial charge in [-0.2, -0.15) is 5.10 Å². The van der Waals surface area contributed by atoms with E-state index in [-0.39, 0.29) is 11.7 Å². The minimum Gasteiger partial charge on any atom is -0.353 e. The summed E-state index contributed by atoms with van der Waals surface area (Å²) in [6, 6.07) is 15.4. The van der Waals surface area contributed by atoms with Gasteiger partial charge in [0.2, 0.25) is 0 Å². The van der Waals surface area contributed by atoms with Crippen molar-refractivity contribution < 1.29 is 9.18 Å². The van der Waals surface area contributed by atoms with Crippen LogP contribution in [0.1, 0.15) is 15.9 Å². The number of carbonyl (C=O) groups is 1. The number of hydrogen-bond acceptors (Lipinski definition) is 2. The van der Waals surface area contributed by atoms with E-state index < -0.39 is 0 Å². The van der Waals surface area contributed by atoms with E-state index in [2.05, 4.69) is 20.5 Å². The van der Waals surface area contributed by atoms with Gasteiger partial charge in [0.1, 0.15) is 11.5 Å². The second-order valence-electron chi connectivity index (χ2n) is 5.75. The molecule has 0 aliphatic carbocycles. The molecule has 0 saturated carbocycles. The standard InChI is InChI=1S/C19H15FN4O/c20-15-5-1-12(2-6-15)11-21-19(25)14-4-3-13-9-18(23-17(13)10-14)16-7-8-22-24-16/h1-10,23H,11H2,(H,21,25)(H,22,24). The monoisotopic (exact) mass is 334 g/mol. The number of carbonyl (C=O) groups excluding carboxylic acids is 1. The summed E-state index contributed by atoms with van der Waals surface area (Å²) in [6.07, 6.45) is 1.76. The number of nitrogens with zero attached hydrogens (tertiary/aromatic N) is 1. The van der Waals surface area contributed by atoms with Gasteiger partial charge in [-0.05, 0) is 42.0 Å². The van der Waals surface area contributed by atoms with E-state index in [0.717, 1.165) is 27.9 Å². The van der Waals surface area contributed by atoms with Crippen molar-refractivity contribution in [2.75, 3.05) is 0 Å². The minimum absolute atomic E-state index is 0.179. The summed E-state index contributed by atoms with van der Waals surface area (Å²) in [7, 11) is 0. The second kappa shape index (κ2) is 6.24. The highest BCUT2D eigenvalue weighted by Crippen LogP contribution is 2.23.